The largest absolute Gasteiger partial charge is 0.467 e. The number of hydrogen-bond donors (Lipinski definition) is 2. The highest BCUT2D eigenvalue weighted by atomic mass is 35.5. The lowest BCUT2D eigenvalue weighted by Crippen LogP contribution is -2.57. The van der Waals surface area contributed by atoms with Crippen molar-refractivity contribution in [3.8, 4) is 0 Å². The van der Waals surface area contributed by atoms with Gasteiger partial charge in [-0.05, 0) is 38.1 Å². The van der Waals surface area contributed by atoms with Gasteiger partial charge in [-0.2, -0.15) is 0 Å². The molecule has 0 radical (unpaired) electrons. The Hall–Kier alpha value is -0.810. The molecule has 2 rings (SSSR count). The summed E-state index contributed by atoms with van der Waals surface area (Å²) in [6, 6.07) is 0. The molecule has 2 aliphatic carbocycles. The van der Waals surface area contributed by atoms with Gasteiger partial charge in [-0.25, -0.2) is 4.79 Å². The van der Waals surface area contributed by atoms with E-state index in [1.54, 1.807) is 0 Å². The van der Waals surface area contributed by atoms with Gasteiger partial charge in [-0.1, -0.05) is 19.3 Å². The van der Waals surface area contributed by atoms with Crippen LogP contribution in [0, 0.1) is 5.92 Å². The second-order valence-corrected chi connectivity index (χ2v) is 5.76. The second kappa shape index (κ2) is 7.84. The Balaban J connectivity index is 0.00000200. The molecule has 0 aromatic rings. The molecular formula is C14H25ClN2O3. The highest BCUT2D eigenvalue weighted by Gasteiger charge is 2.41. The normalized spacial score (nSPS) is 20.6. The van der Waals surface area contributed by atoms with Crippen LogP contribution in [0.4, 0.5) is 0 Å². The monoisotopic (exact) mass is 304 g/mol. The van der Waals surface area contributed by atoms with Crippen molar-refractivity contribution in [1.82, 2.24) is 10.6 Å². The molecule has 20 heavy (non-hydrogen) atoms. The van der Waals surface area contributed by atoms with Crippen LogP contribution in [0.3, 0.4) is 0 Å². The van der Waals surface area contributed by atoms with Crippen LogP contribution >= 0.6 is 12.4 Å². The average molecular weight is 305 g/mol. The molecule has 2 N–H and O–H groups in total. The topological polar surface area (TPSA) is 67.4 Å². The number of hydrogen-bond acceptors (Lipinski definition) is 4. The number of ether oxygens (including phenoxy) is 1. The lowest BCUT2D eigenvalue weighted by molar-refractivity contribution is -0.152. The summed E-state index contributed by atoms with van der Waals surface area (Å²) in [4.78, 5) is 23.9. The first-order valence-corrected chi connectivity index (χ1v) is 7.26. The van der Waals surface area contributed by atoms with Gasteiger partial charge < -0.3 is 15.4 Å². The summed E-state index contributed by atoms with van der Waals surface area (Å²) in [5, 5.41) is 6.05. The molecule has 0 atom stereocenters. The molecule has 6 heteroatoms. The predicted octanol–water partition coefficient (Wildman–Crippen LogP) is 1.40. The van der Waals surface area contributed by atoms with Gasteiger partial charge in [0, 0.05) is 0 Å². The Morgan fingerprint density at radius 2 is 1.85 bits per heavy atom. The summed E-state index contributed by atoms with van der Waals surface area (Å²) < 4.78 is 4.87. The van der Waals surface area contributed by atoms with Crippen LogP contribution in [0.5, 0.6) is 0 Å². The van der Waals surface area contributed by atoms with E-state index in [4.69, 9.17) is 4.74 Å². The Kier molecular flexibility index (Phi) is 6.76. The van der Waals surface area contributed by atoms with Crippen molar-refractivity contribution in [2.45, 2.75) is 50.5 Å². The van der Waals surface area contributed by atoms with Crippen LogP contribution in [0.15, 0.2) is 0 Å². The third kappa shape index (κ3) is 4.63. The smallest absolute Gasteiger partial charge is 0.331 e. The van der Waals surface area contributed by atoms with E-state index in [2.05, 4.69) is 10.6 Å². The first kappa shape index (κ1) is 17.2. The van der Waals surface area contributed by atoms with Crippen LogP contribution < -0.4 is 10.6 Å². The summed E-state index contributed by atoms with van der Waals surface area (Å²) >= 11 is 0. The minimum absolute atomic E-state index is 0. The molecule has 5 nitrogen and oxygen atoms in total. The maximum Gasteiger partial charge on any atom is 0.331 e. The third-order valence-electron chi connectivity index (χ3n) is 4.08. The fourth-order valence-corrected chi connectivity index (χ4v) is 2.75. The molecule has 2 saturated carbocycles. The molecule has 0 bridgehead atoms. The lowest BCUT2D eigenvalue weighted by Gasteiger charge is -2.35. The number of methoxy groups -OCH3 is 1. The number of rotatable bonds is 6. The molecule has 0 unspecified atom stereocenters. The Morgan fingerprint density at radius 1 is 1.20 bits per heavy atom. The van der Waals surface area contributed by atoms with Crippen molar-refractivity contribution >= 4 is 24.3 Å². The van der Waals surface area contributed by atoms with Gasteiger partial charge in [0.25, 0.3) is 0 Å². The van der Waals surface area contributed by atoms with Crippen molar-refractivity contribution in [2.24, 2.45) is 5.92 Å². The van der Waals surface area contributed by atoms with Gasteiger partial charge in [-0.15, -0.1) is 12.4 Å². The number of amides is 1. The van der Waals surface area contributed by atoms with Gasteiger partial charge >= 0.3 is 5.97 Å². The standard InChI is InChI=1S/C14H24N2O3.ClH/c1-19-13(18)14(7-3-2-4-8-14)16-12(17)10-15-9-11-5-6-11;/h11,15H,2-10H2,1H3,(H,16,17);1H. The summed E-state index contributed by atoms with van der Waals surface area (Å²) in [6.07, 6.45) is 6.95. The molecular weight excluding hydrogens is 280 g/mol. The van der Waals surface area contributed by atoms with Crippen molar-refractivity contribution < 1.29 is 14.3 Å². The van der Waals surface area contributed by atoms with Gasteiger partial charge in [0.15, 0.2) is 0 Å². The fraction of sp³-hybridized carbons (Fsp3) is 0.857. The zero-order valence-electron chi connectivity index (χ0n) is 12.1. The highest BCUT2D eigenvalue weighted by Crippen LogP contribution is 2.29. The molecule has 2 fully saturated rings. The zero-order valence-corrected chi connectivity index (χ0v) is 12.9. The van der Waals surface area contributed by atoms with E-state index in [1.807, 2.05) is 0 Å². The number of halogens is 1. The molecule has 2 aliphatic rings. The molecule has 0 aliphatic heterocycles. The summed E-state index contributed by atoms with van der Waals surface area (Å²) in [5.74, 6) is 0.341. The average Bonchev–Trinajstić information content (AvgIpc) is 3.23. The minimum Gasteiger partial charge on any atom is -0.467 e. The van der Waals surface area contributed by atoms with Crippen molar-refractivity contribution in [2.75, 3.05) is 20.2 Å². The molecule has 0 heterocycles. The number of esters is 1. The van der Waals surface area contributed by atoms with Gasteiger partial charge in [0.05, 0.1) is 13.7 Å². The maximum absolute atomic E-state index is 12.0. The van der Waals surface area contributed by atoms with Gasteiger partial charge in [0.1, 0.15) is 5.54 Å². The zero-order chi connectivity index (χ0) is 13.7. The first-order valence-electron chi connectivity index (χ1n) is 7.26. The van der Waals surface area contributed by atoms with E-state index < -0.39 is 5.54 Å². The summed E-state index contributed by atoms with van der Waals surface area (Å²) in [7, 11) is 1.39. The van der Waals surface area contributed by atoms with E-state index in [0.717, 1.165) is 31.7 Å². The molecule has 1 amide bonds. The highest BCUT2D eigenvalue weighted by molar-refractivity contribution is 5.88. The predicted molar refractivity (Wildman–Crippen MR) is 78.8 cm³/mol. The molecule has 0 saturated heterocycles. The van der Waals surface area contributed by atoms with Gasteiger partial charge in [-0.3, -0.25) is 4.79 Å². The number of nitrogens with one attached hydrogen (secondary N) is 2. The van der Waals surface area contributed by atoms with E-state index >= 15 is 0 Å². The molecule has 0 spiro atoms. The lowest BCUT2D eigenvalue weighted by atomic mass is 9.81. The summed E-state index contributed by atoms with van der Waals surface area (Å²) in [6.45, 7) is 1.19. The van der Waals surface area contributed by atoms with Crippen molar-refractivity contribution in [1.29, 1.82) is 0 Å². The van der Waals surface area contributed by atoms with Crippen molar-refractivity contribution in [3.63, 3.8) is 0 Å². The SMILES string of the molecule is COC(=O)C1(NC(=O)CNCC2CC2)CCCCC1.Cl. The van der Waals surface area contributed by atoms with Crippen LogP contribution in [0.2, 0.25) is 0 Å². The summed E-state index contributed by atoms with van der Waals surface area (Å²) in [5.41, 5.74) is -0.786. The maximum atomic E-state index is 12.0. The Labute approximate surface area is 126 Å². The first-order chi connectivity index (χ1) is 9.16. The van der Waals surface area contributed by atoms with E-state index in [9.17, 15) is 9.59 Å². The fourth-order valence-electron chi connectivity index (χ4n) is 2.75. The van der Waals surface area contributed by atoms with E-state index in [0.29, 0.717) is 12.8 Å². The van der Waals surface area contributed by atoms with E-state index in [1.165, 1.54) is 20.0 Å². The second-order valence-electron chi connectivity index (χ2n) is 5.76. The Bertz CT molecular complexity index is 339. The number of carbonyl (C=O) groups excluding carboxylic acids is 2. The van der Waals surface area contributed by atoms with Crippen LogP contribution in [-0.4, -0.2) is 37.6 Å². The third-order valence-corrected chi connectivity index (χ3v) is 4.08. The molecule has 0 aromatic heterocycles. The quantitative estimate of drug-likeness (QED) is 0.728. The van der Waals surface area contributed by atoms with Crippen molar-refractivity contribution in [3.05, 3.63) is 0 Å². The van der Waals surface area contributed by atoms with Crippen LogP contribution in [0.1, 0.15) is 44.9 Å². The Morgan fingerprint density at radius 3 is 2.40 bits per heavy atom. The van der Waals surface area contributed by atoms with E-state index in [-0.39, 0.29) is 30.8 Å². The molecule has 116 valence electrons. The van der Waals surface area contributed by atoms with Crippen LogP contribution in [0.25, 0.3) is 0 Å². The minimum atomic E-state index is -0.786. The number of carbonyl (C=O) groups is 2. The molecule has 0 aromatic carbocycles. The van der Waals surface area contributed by atoms with Gasteiger partial charge in [0.2, 0.25) is 5.91 Å². The van der Waals surface area contributed by atoms with Crippen LogP contribution in [-0.2, 0) is 14.3 Å².